The second-order valence-electron chi connectivity index (χ2n) is 4.90. The molecule has 1 N–H and O–H groups in total. The van der Waals surface area contributed by atoms with E-state index in [-0.39, 0.29) is 12.4 Å². The number of benzene rings is 1. The molecule has 1 aliphatic rings. The third-order valence-electron chi connectivity index (χ3n) is 3.45. The van der Waals surface area contributed by atoms with Crippen LogP contribution in [0.2, 0.25) is 0 Å². The van der Waals surface area contributed by atoms with Gasteiger partial charge in [-0.2, -0.15) is 11.8 Å². The molecular weight excluding hydrogens is 273 g/mol. The lowest BCUT2D eigenvalue weighted by Crippen LogP contribution is -2.37. The normalized spacial score (nSPS) is 19.4. The minimum Gasteiger partial charge on any atom is -0.384 e. The van der Waals surface area contributed by atoms with E-state index in [0.717, 1.165) is 31.0 Å². The second-order valence-corrected chi connectivity index (χ2v) is 6.31. The molecule has 0 saturated carbocycles. The van der Waals surface area contributed by atoms with Crippen LogP contribution in [0.1, 0.15) is 24.5 Å². The molecule has 0 aliphatic carbocycles. The molecule has 0 bridgehead atoms. The Bertz CT molecular complexity index is 509. The highest BCUT2D eigenvalue weighted by atomic mass is 32.2. The third kappa shape index (κ3) is 4.24. The number of nitrogens with zero attached hydrogens (tertiary/aromatic N) is 1. The van der Waals surface area contributed by atoms with Gasteiger partial charge in [0.05, 0.1) is 0 Å². The highest BCUT2D eigenvalue weighted by molar-refractivity contribution is 8.00. The van der Waals surface area contributed by atoms with E-state index in [0.29, 0.717) is 10.8 Å². The Kier molecular flexibility index (Phi) is 5.90. The molecule has 0 radical (unpaired) electrons. The quantitative estimate of drug-likeness (QED) is 0.866. The molecule has 1 unspecified atom stereocenters. The van der Waals surface area contributed by atoms with Crippen LogP contribution in [-0.4, -0.2) is 40.7 Å². The SMILES string of the molecule is CCC1CN(Cc2ccc(F)cc2C#CCO)CCS1. The van der Waals surface area contributed by atoms with Crippen LogP contribution in [0.25, 0.3) is 0 Å². The zero-order valence-corrected chi connectivity index (χ0v) is 12.5. The molecule has 1 aromatic carbocycles. The number of rotatable bonds is 3. The van der Waals surface area contributed by atoms with Gasteiger partial charge >= 0.3 is 0 Å². The summed E-state index contributed by atoms with van der Waals surface area (Å²) >= 11 is 2.04. The molecule has 1 fully saturated rings. The first-order chi connectivity index (χ1) is 9.72. The molecular formula is C16H20FNOS. The fraction of sp³-hybridized carbons (Fsp3) is 0.500. The Balaban J connectivity index is 2.12. The van der Waals surface area contributed by atoms with Gasteiger partial charge in [-0.15, -0.1) is 0 Å². The van der Waals surface area contributed by atoms with Crippen LogP contribution in [0.3, 0.4) is 0 Å². The summed E-state index contributed by atoms with van der Waals surface area (Å²) < 4.78 is 13.3. The Morgan fingerprint density at radius 1 is 1.50 bits per heavy atom. The topological polar surface area (TPSA) is 23.5 Å². The molecule has 20 heavy (non-hydrogen) atoms. The van der Waals surface area contributed by atoms with Crippen LogP contribution in [0, 0.1) is 17.7 Å². The van der Waals surface area contributed by atoms with Crippen molar-refractivity contribution in [3.8, 4) is 11.8 Å². The van der Waals surface area contributed by atoms with Crippen molar-refractivity contribution in [3.05, 3.63) is 35.1 Å². The average molecular weight is 293 g/mol. The maximum Gasteiger partial charge on any atom is 0.124 e. The van der Waals surface area contributed by atoms with Gasteiger partial charge in [0.25, 0.3) is 0 Å². The molecule has 0 spiro atoms. The van der Waals surface area contributed by atoms with Crippen LogP contribution >= 0.6 is 11.8 Å². The molecule has 1 heterocycles. The summed E-state index contributed by atoms with van der Waals surface area (Å²) in [5.41, 5.74) is 1.72. The lowest BCUT2D eigenvalue weighted by Gasteiger charge is -2.32. The summed E-state index contributed by atoms with van der Waals surface area (Å²) in [6.07, 6.45) is 1.18. The van der Waals surface area contributed by atoms with E-state index >= 15 is 0 Å². The zero-order valence-electron chi connectivity index (χ0n) is 11.7. The highest BCUT2D eigenvalue weighted by Crippen LogP contribution is 2.23. The monoisotopic (exact) mass is 293 g/mol. The molecule has 1 aromatic rings. The number of hydrogen-bond acceptors (Lipinski definition) is 3. The molecule has 1 atom stereocenters. The number of halogens is 1. The van der Waals surface area contributed by atoms with Gasteiger partial charge in [-0.3, -0.25) is 4.90 Å². The first-order valence-electron chi connectivity index (χ1n) is 6.95. The summed E-state index contributed by atoms with van der Waals surface area (Å²) in [5.74, 6) is 6.32. The zero-order chi connectivity index (χ0) is 14.4. The highest BCUT2D eigenvalue weighted by Gasteiger charge is 2.19. The Morgan fingerprint density at radius 2 is 2.35 bits per heavy atom. The van der Waals surface area contributed by atoms with Gasteiger partial charge in [0.15, 0.2) is 0 Å². The van der Waals surface area contributed by atoms with Gasteiger partial charge in [-0.1, -0.05) is 24.8 Å². The van der Waals surface area contributed by atoms with Crippen molar-refractivity contribution in [1.29, 1.82) is 0 Å². The number of hydrogen-bond donors (Lipinski definition) is 1. The standard InChI is InChI=1S/C16H20FNOS/c1-2-16-12-18(7-9-20-16)11-14-5-6-15(17)10-13(14)4-3-8-19/h5-6,10,16,19H,2,7-9,11-12H2,1H3. The van der Waals surface area contributed by atoms with E-state index in [1.54, 1.807) is 6.07 Å². The second kappa shape index (κ2) is 7.68. The van der Waals surface area contributed by atoms with Crippen molar-refractivity contribution in [2.75, 3.05) is 25.4 Å². The van der Waals surface area contributed by atoms with E-state index in [1.165, 1.54) is 18.6 Å². The summed E-state index contributed by atoms with van der Waals surface area (Å²) in [5, 5.41) is 9.49. The van der Waals surface area contributed by atoms with Gasteiger partial charge < -0.3 is 5.11 Å². The summed E-state index contributed by atoms with van der Waals surface area (Å²) in [6.45, 7) is 4.95. The summed E-state index contributed by atoms with van der Waals surface area (Å²) in [7, 11) is 0. The summed E-state index contributed by atoms with van der Waals surface area (Å²) in [4.78, 5) is 2.40. The van der Waals surface area contributed by atoms with Gasteiger partial charge in [-0.25, -0.2) is 4.39 Å². The first-order valence-corrected chi connectivity index (χ1v) is 8.00. The largest absolute Gasteiger partial charge is 0.384 e. The lowest BCUT2D eigenvalue weighted by molar-refractivity contribution is 0.273. The third-order valence-corrected chi connectivity index (χ3v) is 4.82. The van der Waals surface area contributed by atoms with Crippen LogP contribution < -0.4 is 0 Å². The van der Waals surface area contributed by atoms with Crippen molar-refractivity contribution >= 4 is 11.8 Å². The number of aliphatic hydroxyl groups excluding tert-OH is 1. The minimum atomic E-state index is -0.281. The van der Waals surface area contributed by atoms with Crippen LogP contribution in [0.15, 0.2) is 18.2 Å². The van der Waals surface area contributed by atoms with Gasteiger partial charge in [0.2, 0.25) is 0 Å². The van der Waals surface area contributed by atoms with Crippen molar-refractivity contribution in [1.82, 2.24) is 4.90 Å². The average Bonchev–Trinajstić information content (AvgIpc) is 2.47. The van der Waals surface area contributed by atoms with Crippen molar-refractivity contribution in [2.24, 2.45) is 0 Å². The van der Waals surface area contributed by atoms with Crippen molar-refractivity contribution in [2.45, 2.75) is 25.1 Å². The maximum absolute atomic E-state index is 13.3. The van der Waals surface area contributed by atoms with Gasteiger partial charge in [0, 0.05) is 36.2 Å². The van der Waals surface area contributed by atoms with Gasteiger partial charge in [0.1, 0.15) is 12.4 Å². The Labute approximate surface area is 124 Å². The van der Waals surface area contributed by atoms with Gasteiger partial charge in [-0.05, 0) is 24.1 Å². The predicted octanol–water partition coefficient (Wildman–Crippen LogP) is 2.50. The lowest BCUT2D eigenvalue weighted by atomic mass is 10.1. The number of thioether (sulfide) groups is 1. The maximum atomic E-state index is 13.3. The molecule has 2 rings (SSSR count). The van der Waals surface area contributed by atoms with E-state index in [1.807, 2.05) is 11.8 Å². The molecule has 0 amide bonds. The molecule has 0 aromatic heterocycles. The number of aliphatic hydroxyl groups is 1. The fourth-order valence-corrected chi connectivity index (χ4v) is 3.60. The summed E-state index contributed by atoms with van der Waals surface area (Å²) in [6, 6.07) is 4.74. The van der Waals surface area contributed by atoms with Crippen LogP contribution in [0.4, 0.5) is 4.39 Å². The minimum absolute atomic E-state index is 0.200. The predicted molar refractivity (Wildman–Crippen MR) is 82.2 cm³/mol. The van der Waals surface area contributed by atoms with E-state index in [9.17, 15) is 4.39 Å². The smallest absolute Gasteiger partial charge is 0.124 e. The van der Waals surface area contributed by atoms with Crippen molar-refractivity contribution in [3.63, 3.8) is 0 Å². The fourth-order valence-electron chi connectivity index (χ4n) is 2.35. The van der Waals surface area contributed by atoms with Crippen LogP contribution in [0.5, 0.6) is 0 Å². The molecule has 1 saturated heterocycles. The van der Waals surface area contributed by atoms with E-state index in [2.05, 4.69) is 23.7 Å². The molecule has 4 heteroatoms. The van der Waals surface area contributed by atoms with Crippen LogP contribution in [-0.2, 0) is 6.54 Å². The molecule has 1 aliphatic heterocycles. The van der Waals surface area contributed by atoms with E-state index < -0.39 is 0 Å². The van der Waals surface area contributed by atoms with E-state index in [4.69, 9.17) is 5.11 Å². The molecule has 2 nitrogen and oxygen atoms in total. The first kappa shape index (κ1) is 15.4. The van der Waals surface area contributed by atoms with Crippen molar-refractivity contribution < 1.29 is 9.50 Å². The molecule has 108 valence electrons. The Morgan fingerprint density at radius 3 is 3.10 bits per heavy atom. The Hall–Kier alpha value is -1.02.